The fourth-order valence-electron chi connectivity index (χ4n) is 2.60. The Bertz CT molecular complexity index is 852. The van der Waals surface area contributed by atoms with E-state index in [2.05, 4.69) is 46.4 Å². The number of benzene rings is 2. The number of hydrogen-bond donors (Lipinski definition) is 1. The summed E-state index contributed by atoms with van der Waals surface area (Å²) in [5, 5.41) is 6.86. The molecule has 2 aromatic carbocycles. The van der Waals surface area contributed by atoms with Gasteiger partial charge in [-0.2, -0.15) is 5.10 Å². The summed E-state index contributed by atoms with van der Waals surface area (Å²) in [4.78, 5) is 6.76. The van der Waals surface area contributed by atoms with E-state index >= 15 is 0 Å². The van der Waals surface area contributed by atoms with Crippen molar-refractivity contribution in [2.45, 2.75) is 13.8 Å². The zero-order chi connectivity index (χ0) is 18.4. The average molecular weight is 368 g/mol. The van der Waals surface area contributed by atoms with Crippen molar-refractivity contribution in [3.8, 4) is 11.3 Å². The molecule has 0 amide bonds. The van der Waals surface area contributed by atoms with E-state index in [0.29, 0.717) is 5.13 Å². The van der Waals surface area contributed by atoms with Crippen LogP contribution in [-0.2, 0) is 0 Å². The van der Waals surface area contributed by atoms with Gasteiger partial charge in [0.25, 0.3) is 0 Å². The van der Waals surface area contributed by atoms with Crippen LogP contribution in [0.1, 0.15) is 19.4 Å². The Morgan fingerprint density at radius 3 is 2.42 bits per heavy atom. The summed E-state index contributed by atoms with van der Waals surface area (Å²) < 4.78 is 13.0. The number of nitrogens with zero attached hydrogens (tertiary/aromatic N) is 3. The molecule has 0 saturated heterocycles. The zero-order valence-corrected chi connectivity index (χ0v) is 15.6. The Morgan fingerprint density at radius 2 is 1.77 bits per heavy atom. The highest BCUT2D eigenvalue weighted by Crippen LogP contribution is 2.25. The SMILES string of the molecule is CCN(CC)c1ccc(/C=N/Nc2nc(-c3ccc(F)cc3)cs2)cc1. The maximum absolute atomic E-state index is 13.0. The third-order valence-electron chi connectivity index (χ3n) is 4.04. The smallest absolute Gasteiger partial charge is 0.203 e. The predicted molar refractivity (Wildman–Crippen MR) is 109 cm³/mol. The normalized spacial score (nSPS) is 11.0. The van der Waals surface area contributed by atoms with Gasteiger partial charge < -0.3 is 4.90 Å². The minimum Gasteiger partial charge on any atom is -0.372 e. The van der Waals surface area contributed by atoms with E-state index in [0.717, 1.165) is 29.9 Å². The van der Waals surface area contributed by atoms with Crippen LogP contribution in [-0.4, -0.2) is 24.3 Å². The third-order valence-corrected chi connectivity index (χ3v) is 4.79. The van der Waals surface area contributed by atoms with Crippen molar-refractivity contribution in [3.05, 3.63) is 65.3 Å². The topological polar surface area (TPSA) is 40.5 Å². The molecule has 0 aliphatic carbocycles. The molecule has 1 N–H and O–H groups in total. The molecule has 0 atom stereocenters. The summed E-state index contributed by atoms with van der Waals surface area (Å²) in [6, 6.07) is 14.6. The molecule has 0 bridgehead atoms. The Hall–Kier alpha value is -2.73. The van der Waals surface area contributed by atoms with Crippen molar-refractivity contribution in [1.82, 2.24) is 4.98 Å². The van der Waals surface area contributed by atoms with Gasteiger partial charge in [0, 0.05) is 29.7 Å². The number of halogens is 1. The molecule has 134 valence electrons. The molecule has 1 heterocycles. The molecule has 0 fully saturated rings. The van der Waals surface area contributed by atoms with Gasteiger partial charge in [0.1, 0.15) is 5.82 Å². The van der Waals surface area contributed by atoms with Gasteiger partial charge in [0.2, 0.25) is 5.13 Å². The van der Waals surface area contributed by atoms with Gasteiger partial charge in [-0.25, -0.2) is 9.37 Å². The Labute approximate surface area is 157 Å². The molecular weight excluding hydrogens is 347 g/mol. The minimum absolute atomic E-state index is 0.251. The largest absolute Gasteiger partial charge is 0.372 e. The molecule has 1 aromatic heterocycles. The average Bonchev–Trinajstić information content (AvgIpc) is 3.13. The minimum atomic E-state index is -0.251. The fraction of sp³-hybridized carbons (Fsp3) is 0.200. The molecule has 0 saturated carbocycles. The van der Waals surface area contributed by atoms with Gasteiger partial charge in [-0.1, -0.05) is 12.1 Å². The lowest BCUT2D eigenvalue weighted by Gasteiger charge is -2.20. The van der Waals surface area contributed by atoms with Gasteiger partial charge >= 0.3 is 0 Å². The first-order valence-electron chi connectivity index (χ1n) is 8.55. The maximum Gasteiger partial charge on any atom is 0.203 e. The number of anilines is 2. The van der Waals surface area contributed by atoms with Gasteiger partial charge in [-0.05, 0) is 55.8 Å². The van der Waals surface area contributed by atoms with Gasteiger partial charge in [-0.15, -0.1) is 11.3 Å². The van der Waals surface area contributed by atoms with Gasteiger partial charge in [-0.3, -0.25) is 5.43 Å². The van der Waals surface area contributed by atoms with Crippen LogP contribution in [0.5, 0.6) is 0 Å². The summed E-state index contributed by atoms with van der Waals surface area (Å²) >= 11 is 1.46. The Balaban J connectivity index is 1.61. The second-order valence-corrected chi connectivity index (χ2v) is 6.54. The Kier molecular flexibility index (Phi) is 5.96. The van der Waals surface area contributed by atoms with Crippen LogP contribution < -0.4 is 10.3 Å². The first-order valence-corrected chi connectivity index (χ1v) is 9.43. The van der Waals surface area contributed by atoms with Crippen LogP contribution in [0, 0.1) is 5.82 Å². The van der Waals surface area contributed by atoms with Crippen LogP contribution in [0.25, 0.3) is 11.3 Å². The van der Waals surface area contributed by atoms with Crippen molar-refractivity contribution in [3.63, 3.8) is 0 Å². The van der Waals surface area contributed by atoms with E-state index in [9.17, 15) is 4.39 Å². The lowest BCUT2D eigenvalue weighted by atomic mass is 10.2. The molecule has 3 aromatic rings. The summed E-state index contributed by atoms with van der Waals surface area (Å²) in [5.41, 5.74) is 6.86. The predicted octanol–water partition coefficient (Wildman–Crippen LogP) is 5.24. The molecule has 0 aliphatic heterocycles. The highest BCUT2D eigenvalue weighted by atomic mass is 32.1. The maximum atomic E-state index is 13.0. The number of hydrogen-bond acceptors (Lipinski definition) is 5. The van der Waals surface area contributed by atoms with Crippen LogP contribution in [0.4, 0.5) is 15.2 Å². The number of thiazole rings is 1. The summed E-state index contributed by atoms with van der Waals surface area (Å²) in [5.74, 6) is -0.251. The van der Waals surface area contributed by atoms with E-state index in [4.69, 9.17) is 0 Å². The molecule has 0 unspecified atom stereocenters. The third kappa shape index (κ3) is 4.46. The highest BCUT2D eigenvalue weighted by molar-refractivity contribution is 7.14. The molecule has 6 heteroatoms. The molecular formula is C20H21FN4S. The molecule has 0 aliphatic rings. The van der Waals surface area contributed by atoms with E-state index in [1.54, 1.807) is 18.3 Å². The first kappa shape index (κ1) is 18.1. The number of rotatable bonds is 7. The van der Waals surface area contributed by atoms with E-state index < -0.39 is 0 Å². The van der Waals surface area contributed by atoms with Crippen molar-refractivity contribution in [2.24, 2.45) is 5.10 Å². The van der Waals surface area contributed by atoms with Crippen molar-refractivity contribution >= 4 is 28.4 Å². The molecule has 0 radical (unpaired) electrons. The van der Waals surface area contributed by atoms with Gasteiger partial charge in [0.15, 0.2) is 0 Å². The lowest BCUT2D eigenvalue weighted by Crippen LogP contribution is -2.21. The quantitative estimate of drug-likeness (QED) is 0.458. The summed E-state index contributed by atoms with van der Waals surface area (Å²) in [7, 11) is 0. The van der Waals surface area contributed by atoms with Crippen LogP contribution in [0.3, 0.4) is 0 Å². The van der Waals surface area contributed by atoms with Crippen LogP contribution in [0.15, 0.2) is 59.0 Å². The second-order valence-electron chi connectivity index (χ2n) is 5.68. The number of hydrazone groups is 1. The number of aromatic nitrogens is 1. The molecule has 4 nitrogen and oxygen atoms in total. The van der Waals surface area contributed by atoms with E-state index in [1.807, 2.05) is 17.5 Å². The van der Waals surface area contributed by atoms with Crippen molar-refractivity contribution < 1.29 is 4.39 Å². The highest BCUT2D eigenvalue weighted by Gasteiger charge is 2.04. The number of nitrogens with one attached hydrogen (secondary N) is 1. The van der Waals surface area contributed by atoms with Crippen LogP contribution >= 0.6 is 11.3 Å². The van der Waals surface area contributed by atoms with E-state index in [-0.39, 0.29) is 5.82 Å². The zero-order valence-electron chi connectivity index (χ0n) is 14.8. The summed E-state index contributed by atoms with van der Waals surface area (Å²) in [6.07, 6.45) is 1.77. The fourth-order valence-corrected chi connectivity index (χ4v) is 3.27. The molecule has 26 heavy (non-hydrogen) atoms. The van der Waals surface area contributed by atoms with Gasteiger partial charge in [0.05, 0.1) is 11.9 Å². The first-order chi connectivity index (χ1) is 12.7. The van der Waals surface area contributed by atoms with Crippen molar-refractivity contribution in [1.29, 1.82) is 0 Å². The molecule has 0 spiro atoms. The lowest BCUT2D eigenvalue weighted by molar-refractivity contribution is 0.628. The molecule has 3 rings (SSSR count). The van der Waals surface area contributed by atoms with Crippen molar-refractivity contribution in [2.75, 3.05) is 23.4 Å². The standard InChI is InChI=1S/C20H21FN4S/c1-3-25(4-2)18-11-5-15(6-12-18)13-22-24-20-23-19(14-26-20)16-7-9-17(21)10-8-16/h5-14H,3-4H2,1-2H3,(H,23,24)/b22-13+. The summed E-state index contributed by atoms with van der Waals surface area (Å²) in [6.45, 7) is 6.28. The van der Waals surface area contributed by atoms with Crippen LogP contribution in [0.2, 0.25) is 0 Å². The Morgan fingerprint density at radius 1 is 1.08 bits per heavy atom. The van der Waals surface area contributed by atoms with E-state index in [1.165, 1.54) is 29.2 Å². The second kappa shape index (κ2) is 8.58. The monoisotopic (exact) mass is 368 g/mol.